The summed E-state index contributed by atoms with van der Waals surface area (Å²) in [4.78, 5) is 17.9. The highest BCUT2D eigenvalue weighted by Crippen LogP contribution is 2.51. The quantitative estimate of drug-likeness (QED) is 0.203. The Balaban J connectivity index is 1.08. The molecule has 0 spiro atoms. The Hall–Kier alpha value is -2.98. The first-order valence-corrected chi connectivity index (χ1v) is 18.1. The first-order valence-electron chi connectivity index (χ1n) is 16.3. The lowest BCUT2D eigenvalue weighted by atomic mass is 9.94. The molecule has 46 heavy (non-hydrogen) atoms. The Morgan fingerprint density at radius 3 is 2.07 bits per heavy atom. The van der Waals surface area contributed by atoms with E-state index in [9.17, 15) is 9.36 Å². The molecule has 9 nitrogen and oxygen atoms in total. The van der Waals surface area contributed by atoms with Crippen molar-refractivity contribution < 1.29 is 18.8 Å². The summed E-state index contributed by atoms with van der Waals surface area (Å²) in [7, 11) is 2.82. The van der Waals surface area contributed by atoms with Gasteiger partial charge in [-0.2, -0.15) is 0 Å². The molecule has 0 N–H and O–H groups in total. The lowest BCUT2D eigenvalue weighted by Gasteiger charge is -2.44. The van der Waals surface area contributed by atoms with Gasteiger partial charge in [-0.15, -0.1) is 0 Å². The third kappa shape index (κ3) is 6.57. The molecule has 1 aromatic heterocycles. The lowest BCUT2D eigenvalue weighted by molar-refractivity contribution is -0.101. The van der Waals surface area contributed by atoms with Gasteiger partial charge in [-0.3, -0.25) is 14.3 Å². The molecule has 2 saturated heterocycles. The van der Waals surface area contributed by atoms with Crippen molar-refractivity contribution in [2.45, 2.75) is 38.4 Å². The van der Waals surface area contributed by atoms with Crippen LogP contribution < -0.4 is 0 Å². The van der Waals surface area contributed by atoms with Crippen LogP contribution in [0, 0.1) is 0 Å². The van der Waals surface area contributed by atoms with Crippen LogP contribution in [0.4, 0.5) is 0 Å². The Labute approximate surface area is 273 Å². The predicted molar refractivity (Wildman–Crippen MR) is 189 cm³/mol. The number of hydrogen-bond acceptors (Lipinski definition) is 5. The third-order valence-electron chi connectivity index (χ3n) is 9.40. The van der Waals surface area contributed by atoms with Gasteiger partial charge in [-0.25, -0.2) is 9.34 Å². The van der Waals surface area contributed by atoms with Gasteiger partial charge in [-0.1, -0.05) is 36.4 Å². The first kappa shape index (κ1) is 32.9. The van der Waals surface area contributed by atoms with Crippen molar-refractivity contribution in [2.75, 3.05) is 66.3 Å². The highest BCUT2D eigenvalue weighted by molar-refractivity contribution is 7.58. The number of piperazine rings is 1. The summed E-state index contributed by atoms with van der Waals surface area (Å²) in [5, 5.41) is 2.42. The van der Waals surface area contributed by atoms with E-state index in [0.29, 0.717) is 38.3 Å². The zero-order chi connectivity index (χ0) is 32.6. The normalized spacial score (nSPS) is 21.7. The summed E-state index contributed by atoms with van der Waals surface area (Å²) in [5.74, 6) is -0.00340. The second-order valence-electron chi connectivity index (χ2n) is 13.8. The van der Waals surface area contributed by atoms with Crippen molar-refractivity contribution in [1.29, 1.82) is 0 Å². The number of aromatic nitrogens is 1. The van der Waals surface area contributed by atoms with Gasteiger partial charge in [0, 0.05) is 72.8 Å². The number of carbonyl (C=O) groups is 1. The molecule has 0 bridgehead atoms. The van der Waals surface area contributed by atoms with Crippen LogP contribution in [0.15, 0.2) is 72.8 Å². The van der Waals surface area contributed by atoms with Gasteiger partial charge in [0.1, 0.15) is 14.2 Å². The Bertz CT molecular complexity index is 1680. The smallest absolute Gasteiger partial charge is 0.253 e. The molecule has 244 valence electrons. The zero-order valence-electron chi connectivity index (χ0n) is 28.1. The molecular weight excluding hydrogens is 596 g/mol. The molecule has 1 amide bonds. The number of amides is 1. The van der Waals surface area contributed by atoms with Crippen LogP contribution in [0.5, 0.6) is 0 Å². The zero-order valence-corrected chi connectivity index (χ0v) is 29.0. The Morgan fingerprint density at radius 1 is 0.913 bits per heavy atom. The van der Waals surface area contributed by atoms with Crippen LogP contribution in [0.3, 0.4) is 0 Å². The summed E-state index contributed by atoms with van der Waals surface area (Å²) in [6.07, 6.45) is 0.0662. The Kier molecular flexibility index (Phi) is 9.50. The molecule has 0 saturated carbocycles. The largest absolute Gasteiger partial charge is 0.379 e. The topological polar surface area (TPSA) is 70.5 Å². The fraction of sp³-hybridized carbons (Fsp3) is 0.457. The number of fused-ring (bicyclic) bond motifs is 3. The number of para-hydroxylation sites is 2. The van der Waals surface area contributed by atoms with Crippen molar-refractivity contribution in [3.8, 4) is 5.69 Å². The maximum absolute atomic E-state index is 14.3. The molecule has 4 aromatic rings. The maximum Gasteiger partial charge on any atom is 0.253 e. The Morgan fingerprint density at radius 2 is 1.50 bits per heavy atom. The fourth-order valence-electron chi connectivity index (χ4n) is 6.79. The second-order valence-corrected chi connectivity index (χ2v) is 16.8. The van der Waals surface area contributed by atoms with E-state index in [2.05, 4.69) is 86.6 Å². The highest BCUT2D eigenvalue weighted by Gasteiger charge is 2.38. The molecule has 3 aromatic carbocycles. The number of morpholine rings is 1. The monoisotopic (exact) mass is 643 g/mol. The molecular formula is C35H47BN5O4P. The van der Waals surface area contributed by atoms with Gasteiger partial charge in [0.05, 0.1) is 23.7 Å². The van der Waals surface area contributed by atoms with Crippen LogP contribution in [0.1, 0.15) is 31.1 Å². The molecule has 6 rings (SSSR count). The van der Waals surface area contributed by atoms with E-state index in [0.717, 1.165) is 29.8 Å². The van der Waals surface area contributed by atoms with E-state index < -0.39 is 7.44 Å². The molecule has 0 aliphatic carbocycles. The standard InChI is InChI=1S/C35H47BN5O4P/c1-35(2,3)39-22-28(45-33(36)23-39)24-44-25-46(43,37(4)5)40-20-18-38(19-21-40)34(42)26-14-16-27(17-15-26)41-31-12-8-6-10-29(31)30-11-7-9-13-32(30)41/h6-17,28,33H,18-25,36H2,1-5H3. The van der Waals surface area contributed by atoms with Crippen molar-refractivity contribution in [3.63, 3.8) is 0 Å². The van der Waals surface area contributed by atoms with Gasteiger partial charge in [0.25, 0.3) is 5.91 Å². The minimum Gasteiger partial charge on any atom is -0.379 e. The fourth-order valence-corrected chi connectivity index (χ4v) is 8.83. The molecule has 3 atom stereocenters. The van der Waals surface area contributed by atoms with Gasteiger partial charge < -0.3 is 18.9 Å². The highest BCUT2D eigenvalue weighted by atomic mass is 31.2. The van der Waals surface area contributed by atoms with Crippen LogP contribution in [-0.2, 0) is 14.0 Å². The average molecular weight is 644 g/mol. The molecule has 0 radical (unpaired) electrons. The van der Waals surface area contributed by atoms with Gasteiger partial charge in [0.15, 0.2) is 0 Å². The summed E-state index contributed by atoms with van der Waals surface area (Å²) in [5.41, 5.74) is 4.01. The SMILES string of the molecule is BC1CN(C(C)(C)C)CC(COCP(=O)(N(C)C)N2CCN(C(=O)c3ccc(-n4c5ccccc5c5ccccc54)cc3)CC2)O1. The number of benzene rings is 3. The lowest BCUT2D eigenvalue weighted by Crippen LogP contribution is -2.56. The van der Waals surface area contributed by atoms with E-state index in [1.54, 1.807) is 4.67 Å². The van der Waals surface area contributed by atoms with Crippen LogP contribution in [0.25, 0.3) is 27.5 Å². The first-order chi connectivity index (χ1) is 22.0. The number of rotatable bonds is 8. The molecule has 11 heteroatoms. The summed E-state index contributed by atoms with van der Waals surface area (Å²) >= 11 is 0. The van der Waals surface area contributed by atoms with E-state index >= 15 is 0 Å². The molecule has 3 heterocycles. The molecule has 2 aliphatic heterocycles. The van der Waals surface area contributed by atoms with Crippen molar-refractivity contribution in [2.24, 2.45) is 0 Å². The van der Waals surface area contributed by atoms with E-state index in [-0.39, 0.29) is 29.9 Å². The minimum atomic E-state index is -2.97. The third-order valence-corrected chi connectivity index (χ3v) is 12.5. The predicted octanol–water partition coefficient (Wildman–Crippen LogP) is 4.73. The summed E-state index contributed by atoms with van der Waals surface area (Å²) in [6.45, 7) is 10.8. The summed E-state index contributed by atoms with van der Waals surface area (Å²) in [6, 6.07) is 24.8. The maximum atomic E-state index is 14.3. The van der Waals surface area contributed by atoms with Gasteiger partial charge in [0.2, 0.25) is 7.44 Å². The van der Waals surface area contributed by atoms with Crippen LogP contribution in [-0.4, -0.2) is 121 Å². The van der Waals surface area contributed by atoms with Crippen LogP contribution in [0.2, 0.25) is 0 Å². The number of nitrogens with zero attached hydrogens (tertiary/aromatic N) is 5. The van der Waals surface area contributed by atoms with E-state index in [4.69, 9.17) is 9.47 Å². The number of hydrogen-bond donors (Lipinski definition) is 0. The second kappa shape index (κ2) is 13.3. The molecule has 3 unspecified atom stereocenters. The number of ether oxygens (including phenoxy) is 2. The molecule has 2 aliphatic rings. The average Bonchev–Trinajstić information content (AvgIpc) is 3.38. The van der Waals surface area contributed by atoms with Gasteiger partial charge in [-0.05, 0) is 71.3 Å². The van der Waals surface area contributed by atoms with Gasteiger partial charge >= 0.3 is 0 Å². The molecule has 2 fully saturated rings. The number of carbonyl (C=O) groups excluding carboxylic acids is 1. The van der Waals surface area contributed by atoms with Crippen molar-refractivity contribution in [3.05, 3.63) is 78.4 Å². The van der Waals surface area contributed by atoms with E-state index in [1.807, 2.05) is 47.9 Å². The minimum absolute atomic E-state index is 0.00340. The van der Waals surface area contributed by atoms with Crippen molar-refractivity contribution >= 4 is 43.0 Å². The van der Waals surface area contributed by atoms with E-state index in [1.165, 1.54) is 10.8 Å². The van der Waals surface area contributed by atoms with Crippen LogP contribution >= 0.6 is 7.44 Å². The van der Waals surface area contributed by atoms with Crippen molar-refractivity contribution in [1.82, 2.24) is 23.7 Å². The summed E-state index contributed by atoms with van der Waals surface area (Å²) < 4.78 is 32.6.